The molecule has 0 unspecified atom stereocenters. The summed E-state index contributed by atoms with van der Waals surface area (Å²) in [5, 5.41) is 0. The molecule has 2 aromatic rings. The van der Waals surface area contributed by atoms with Gasteiger partial charge < -0.3 is 4.74 Å². The van der Waals surface area contributed by atoms with Crippen molar-refractivity contribution in [1.29, 1.82) is 0 Å². The summed E-state index contributed by atoms with van der Waals surface area (Å²) in [5.74, 6) is 0.432. The lowest BCUT2D eigenvalue weighted by atomic mass is 9.98. The summed E-state index contributed by atoms with van der Waals surface area (Å²) < 4.78 is 6.98. The number of benzene rings is 2. The summed E-state index contributed by atoms with van der Waals surface area (Å²) in [6, 6.07) is 19.8. The molecule has 22 heavy (non-hydrogen) atoms. The van der Waals surface area contributed by atoms with Crippen molar-refractivity contribution in [2.75, 3.05) is 26.3 Å². The lowest BCUT2D eigenvalue weighted by Crippen LogP contribution is -2.32. The van der Waals surface area contributed by atoms with Crippen LogP contribution in [-0.2, 0) is 4.74 Å². The molecule has 1 aliphatic heterocycles. The maximum Gasteiger partial charge on any atom is 0.0593 e. The van der Waals surface area contributed by atoms with Gasteiger partial charge in [0.1, 0.15) is 0 Å². The monoisotopic (exact) mass is 359 g/mol. The minimum Gasteiger partial charge on any atom is -0.379 e. The van der Waals surface area contributed by atoms with Crippen LogP contribution in [0.25, 0.3) is 0 Å². The van der Waals surface area contributed by atoms with Crippen molar-refractivity contribution in [2.24, 2.45) is 0 Å². The van der Waals surface area contributed by atoms with Crippen LogP contribution in [0.15, 0.2) is 59.1 Å². The molecule has 0 amide bonds. The third-order valence-corrected chi connectivity index (χ3v) is 5.00. The SMILES string of the molecule is C[C@H](c1ccccc1)N1CCOC[C@@H](c2ccc(Br)cc2)C1. The number of halogens is 1. The fourth-order valence-electron chi connectivity index (χ4n) is 3.07. The normalized spacial score (nSPS) is 21.3. The predicted octanol–water partition coefficient (Wildman–Crippen LogP) is 4.63. The molecule has 116 valence electrons. The minimum atomic E-state index is 0.417. The molecule has 1 aliphatic rings. The van der Waals surface area contributed by atoms with Gasteiger partial charge in [-0.2, -0.15) is 0 Å². The Labute approximate surface area is 141 Å². The Kier molecular flexibility index (Phi) is 5.29. The van der Waals surface area contributed by atoms with Crippen LogP contribution in [0.1, 0.15) is 30.0 Å². The van der Waals surface area contributed by atoms with Crippen molar-refractivity contribution in [1.82, 2.24) is 4.90 Å². The molecule has 2 nitrogen and oxygen atoms in total. The summed E-state index contributed by atoms with van der Waals surface area (Å²) >= 11 is 3.51. The van der Waals surface area contributed by atoms with Gasteiger partial charge in [-0.1, -0.05) is 58.4 Å². The van der Waals surface area contributed by atoms with E-state index in [4.69, 9.17) is 4.74 Å². The molecule has 0 aromatic heterocycles. The summed E-state index contributed by atoms with van der Waals surface area (Å²) in [5.41, 5.74) is 2.73. The summed E-state index contributed by atoms with van der Waals surface area (Å²) in [6.07, 6.45) is 0. The standard InChI is InChI=1S/C19H22BrNO/c1-15(16-5-3-2-4-6-16)21-11-12-22-14-18(13-21)17-7-9-19(20)10-8-17/h2-10,15,18H,11-14H2,1H3/t15-,18+/m1/s1. The van der Waals surface area contributed by atoms with Gasteiger partial charge in [-0.05, 0) is 30.2 Å². The molecule has 0 bridgehead atoms. The van der Waals surface area contributed by atoms with Crippen LogP contribution in [0.5, 0.6) is 0 Å². The van der Waals surface area contributed by atoms with Crippen LogP contribution >= 0.6 is 15.9 Å². The van der Waals surface area contributed by atoms with Crippen LogP contribution in [0.2, 0.25) is 0 Å². The van der Waals surface area contributed by atoms with E-state index in [9.17, 15) is 0 Å². The number of hydrogen-bond acceptors (Lipinski definition) is 2. The zero-order valence-electron chi connectivity index (χ0n) is 12.9. The highest BCUT2D eigenvalue weighted by atomic mass is 79.9. The zero-order chi connectivity index (χ0) is 15.4. The van der Waals surface area contributed by atoms with Crippen LogP contribution in [0.4, 0.5) is 0 Å². The Morgan fingerprint density at radius 2 is 1.82 bits per heavy atom. The maximum atomic E-state index is 5.85. The molecule has 1 heterocycles. The Hall–Kier alpha value is -1.16. The van der Waals surface area contributed by atoms with Crippen molar-refractivity contribution in [3.63, 3.8) is 0 Å². The average molecular weight is 360 g/mol. The van der Waals surface area contributed by atoms with Gasteiger partial charge in [0.15, 0.2) is 0 Å². The van der Waals surface area contributed by atoms with E-state index in [1.54, 1.807) is 0 Å². The predicted molar refractivity (Wildman–Crippen MR) is 94.1 cm³/mol. The van der Waals surface area contributed by atoms with Crippen LogP contribution in [0, 0.1) is 0 Å². The number of ether oxygens (including phenoxy) is 1. The van der Waals surface area contributed by atoms with Crippen LogP contribution in [-0.4, -0.2) is 31.2 Å². The van der Waals surface area contributed by atoms with Crippen molar-refractivity contribution in [3.05, 3.63) is 70.2 Å². The highest BCUT2D eigenvalue weighted by molar-refractivity contribution is 9.10. The van der Waals surface area contributed by atoms with E-state index in [0.717, 1.165) is 30.8 Å². The van der Waals surface area contributed by atoms with Gasteiger partial charge in [0, 0.05) is 29.5 Å². The molecule has 0 radical (unpaired) electrons. The molecule has 3 heteroatoms. The van der Waals surface area contributed by atoms with Crippen molar-refractivity contribution in [3.8, 4) is 0 Å². The van der Waals surface area contributed by atoms with Crippen LogP contribution in [0.3, 0.4) is 0 Å². The van der Waals surface area contributed by atoms with Crippen molar-refractivity contribution in [2.45, 2.75) is 18.9 Å². The van der Waals surface area contributed by atoms with Gasteiger partial charge in [0.25, 0.3) is 0 Å². The van der Waals surface area contributed by atoms with Gasteiger partial charge in [0.05, 0.1) is 13.2 Å². The van der Waals surface area contributed by atoms with E-state index in [0.29, 0.717) is 12.0 Å². The van der Waals surface area contributed by atoms with E-state index in [2.05, 4.69) is 82.4 Å². The lowest BCUT2D eigenvalue weighted by Gasteiger charge is -2.30. The Balaban J connectivity index is 1.76. The third-order valence-electron chi connectivity index (χ3n) is 4.47. The second-order valence-corrected chi connectivity index (χ2v) is 6.82. The molecule has 0 N–H and O–H groups in total. The molecule has 0 saturated carbocycles. The minimum absolute atomic E-state index is 0.417. The molecular weight excluding hydrogens is 338 g/mol. The highest BCUT2D eigenvalue weighted by Gasteiger charge is 2.24. The van der Waals surface area contributed by atoms with Gasteiger partial charge in [-0.3, -0.25) is 4.90 Å². The number of hydrogen-bond donors (Lipinski definition) is 0. The fourth-order valence-corrected chi connectivity index (χ4v) is 3.33. The first-order valence-electron chi connectivity index (χ1n) is 7.86. The Morgan fingerprint density at radius 1 is 1.09 bits per heavy atom. The number of rotatable bonds is 3. The Bertz CT molecular complexity index is 584. The van der Waals surface area contributed by atoms with E-state index >= 15 is 0 Å². The van der Waals surface area contributed by atoms with Gasteiger partial charge in [-0.25, -0.2) is 0 Å². The average Bonchev–Trinajstić information content (AvgIpc) is 2.82. The first-order chi connectivity index (χ1) is 10.7. The quantitative estimate of drug-likeness (QED) is 0.792. The second kappa shape index (κ2) is 7.40. The molecule has 0 spiro atoms. The zero-order valence-corrected chi connectivity index (χ0v) is 14.5. The fraction of sp³-hybridized carbons (Fsp3) is 0.368. The highest BCUT2D eigenvalue weighted by Crippen LogP contribution is 2.27. The van der Waals surface area contributed by atoms with Crippen LogP contribution < -0.4 is 0 Å². The molecule has 0 aliphatic carbocycles. The van der Waals surface area contributed by atoms with E-state index in [-0.39, 0.29) is 0 Å². The lowest BCUT2D eigenvalue weighted by molar-refractivity contribution is 0.130. The van der Waals surface area contributed by atoms with Crippen molar-refractivity contribution >= 4 is 15.9 Å². The molecular formula is C19H22BrNO. The molecule has 1 saturated heterocycles. The summed E-state index contributed by atoms with van der Waals surface area (Å²) in [4.78, 5) is 2.54. The largest absolute Gasteiger partial charge is 0.379 e. The van der Waals surface area contributed by atoms with E-state index in [1.165, 1.54) is 11.1 Å². The molecule has 3 rings (SSSR count). The summed E-state index contributed by atoms with van der Waals surface area (Å²) in [6.45, 7) is 5.93. The smallest absolute Gasteiger partial charge is 0.0593 e. The third kappa shape index (κ3) is 3.78. The van der Waals surface area contributed by atoms with Crippen molar-refractivity contribution < 1.29 is 4.74 Å². The van der Waals surface area contributed by atoms with Gasteiger partial charge >= 0.3 is 0 Å². The summed E-state index contributed by atoms with van der Waals surface area (Å²) in [7, 11) is 0. The van der Waals surface area contributed by atoms with Gasteiger partial charge in [-0.15, -0.1) is 0 Å². The number of nitrogens with zero attached hydrogens (tertiary/aromatic N) is 1. The first kappa shape index (κ1) is 15.7. The molecule has 1 fully saturated rings. The first-order valence-corrected chi connectivity index (χ1v) is 8.65. The maximum absolute atomic E-state index is 5.85. The van der Waals surface area contributed by atoms with E-state index in [1.807, 2.05) is 0 Å². The second-order valence-electron chi connectivity index (χ2n) is 5.90. The Morgan fingerprint density at radius 3 is 2.55 bits per heavy atom. The molecule has 2 atom stereocenters. The molecule has 2 aromatic carbocycles. The topological polar surface area (TPSA) is 12.5 Å². The van der Waals surface area contributed by atoms with E-state index < -0.39 is 0 Å². The van der Waals surface area contributed by atoms with Gasteiger partial charge in [0.2, 0.25) is 0 Å².